The number of carbonyl (C=O) groups excluding carboxylic acids is 1. The van der Waals surface area contributed by atoms with Crippen molar-refractivity contribution in [2.75, 3.05) is 17.2 Å². The zero-order valence-electron chi connectivity index (χ0n) is 10.9. The van der Waals surface area contributed by atoms with Gasteiger partial charge in [-0.25, -0.2) is 0 Å². The zero-order valence-corrected chi connectivity index (χ0v) is 12.4. The first-order chi connectivity index (χ1) is 9.54. The Balaban J connectivity index is 1.90. The molecule has 0 heterocycles. The molecule has 0 aliphatic heterocycles. The van der Waals surface area contributed by atoms with E-state index < -0.39 is 0 Å². The van der Waals surface area contributed by atoms with E-state index in [1.54, 1.807) is 18.2 Å². The van der Waals surface area contributed by atoms with Crippen molar-refractivity contribution < 1.29 is 4.79 Å². The fraction of sp³-hybridized carbons (Fsp3) is 0.133. The average Bonchev–Trinajstić information content (AvgIpc) is 2.41. The maximum Gasteiger partial charge on any atom is 0.243 e. The van der Waals surface area contributed by atoms with Gasteiger partial charge in [0, 0.05) is 10.7 Å². The highest BCUT2D eigenvalue weighted by molar-refractivity contribution is 6.36. The standard InChI is InChI=1S/C15H14Cl2N2O/c1-10-2-5-12(6-3-10)18-9-15(20)19-14-7-4-11(16)8-13(14)17/h2-8,18H,9H2,1H3,(H,19,20). The van der Waals surface area contributed by atoms with Crippen molar-refractivity contribution >= 4 is 40.5 Å². The molecule has 0 aliphatic carbocycles. The number of halogens is 2. The van der Waals surface area contributed by atoms with Crippen LogP contribution < -0.4 is 10.6 Å². The number of carbonyl (C=O) groups is 1. The first kappa shape index (κ1) is 14.7. The van der Waals surface area contributed by atoms with Crippen LogP contribution >= 0.6 is 23.2 Å². The molecule has 20 heavy (non-hydrogen) atoms. The Kier molecular flexibility index (Phi) is 4.88. The van der Waals surface area contributed by atoms with Crippen molar-refractivity contribution in [1.29, 1.82) is 0 Å². The summed E-state index contributed by atoms with van der Waals surface area (Å²) in [6.07, 6.45) is 0. The molecule has 0 aliphatic rings. The Bertz CT molecular complexity index is 612. The summed E-state index contributed by atoms with van der Waals surface area (Å²) in [7, 11) is 0. The normalized spacial score (nSPS) is 10.2. The molecule has 0 spiro atoms. The van der Waals surface area contributed by atoms with E-state index in [1.807, 2.05) is 31.2 Å². The van der Waals surface area contributed by atoms with Gasteiger partial charge >= 0.3 is 0 Å². The molecule has 0 fully saturated rings. The van der Waals surface area contributed by atoms with Gasteiger partial charge in [-0.15, -0.1) is 0 Å². The molecule has 0 radical (unpaired) electrons. The van der Waals surface area contributed by atoms with Gasteiger partial charge in [-0.05, 0) is 37.3 Å². The van der Waals surface area contributed by atoms with Gasteiger partial charge in [-0.2, -0.15) is 0 Å². The minimum Gasteiger partial charge on any atom is -0.376 e. The number of benzene rings is 2. The fourth-order valence-electron chi connectivity index (χ4n) is 1.64. The van der Waals surface area contributed by atoms with Crippen LogP contribution in [0.2, 0.25) is 10.0 Å². The fourth-order valence-corrected chi connectivity index (χ4v) is 2.09. The van der Waals surface area contributed by atoms with Gasteiger partial charge in [0.15, 0.2) is 0 Å². The van der Waals surface area contributed by atoms with E-state index in [-0.39, 0.29) is 12.5 Å². The third-order valence-corrected chi connectivity index (χ3v) is 3.26. The van der Waals surface area contributed by atoms with Gasteiger partial charge in [-0.1, -0.05) is 40.9 Å². The summed E-state index contributed by atoms with van der Waals surface area (Å²) in [4.78, 5) is 11.8. The largest absolute Gasteiger partial charge is 0.376 e. The first-order valence-electron chi connectivity index (χ1n) is 6.10. The SMILES string of the molecule is Cc1ccc(NCC(=O)Nc2ccc(Cl)cc2Cl)cc1. The molecule has 0 saturated heterocycles. The van der Waals surface area contributed by atoms with Gasteiger partial charge < -0.3 is 10.6 Å². The van der Waals surface area contributed by atoms with E-state index in [2.05, 4.69) is 10.6 Å². The highest BCUT2D eigenvalue weighted by Gasteiger charge is 2.06. The van der Waals surface area contributed by atoms with Crippen LogP contribution in [0.25, 0.3) is 0 Å². The van der Waals surface area contributed by atoms with Crippen LogP contribution in [0.15, 0.2) is 42.5 Å². The molecule has 2 rings (SSSR count). The predicted molar refractivity (Wildman–Crippen MR) is 84.8 cm³/mol. The van der Waals surface area contributed by atoms with E-state index >= 15 is 0 Å². The number of hydrogen-bond donors (Lipinski definition) is 2. The molecule has 0 atom stereocenters. The van der Waals surface area contributed by atoms with E-state index in [9.17, 15) is 4.79 Å². The van der Waals surface area contributed by atoms with Crippen molar-refractivity contribution in [3.05, 3.63) is 58.1 Å². The molecule has 2 aromatic rings. The van der Waals surface area contributed by atoms with Gasteiger partial charge in [0.1, 0.15) is 0 Å². The Morgan fingerprint density at radius 1 is 1.10 bits per heavy atom. The minimum absolute atomic E-state index is 0.169. The second-order valence-electron chi connectivity index (χ2n) is 4.39. The van der Waals surface area contributed by atoms with Crippen molar-refractivity contribution in [3.63, 3.8) is 0 Å². The average molecular weight is 309 g/mol. The Morgan fingerprint density at radius 3 is 2.45 bits per heavy atom. The summed E-state index contributed by atoms with van der Waals surface area (Å²) in [6, 6.07) is 12.8. The summed E-state index contributed by atoms with van der Waals surface area (Å²) in [5.74, 6) is -0.171. The maximum absolute atomic E-state index is 11.8. The van der Waals surface area contributed by atoms with Crippen LogP contribution in [0.4, 0.5) is 11.4 Å². The molecule has 1 amide bonds. The molecule has 0 aromatic heterocycles. The summed E-state index contributed by atoms with van der Waals surface area (Å²) in [5.41, 5.74) is 2.62. The molecule has 104 valence electrons. The Labute approximate surface area is 127 Å². The van der Waals surface area contributed by atoms with Crippen molar-refractivity contribution in [2.45, 2.75) is 6.92 Å². The lowest BCUT2D eigenvalue weighted by molar-refractivity contribution is -0.114. The van der Waals surface area contributed by atoms with Crippen molar-refractivity contribution in [1.82, 2.24) is 0 Å². The monoisotopic (exact) mass is 308 g/mol. The number of rotatable bonds is 4. The van der Waals surface area contributed by atoms with E-state index in [0.717, 1.165) is 5.69 Å². The lowest BCUT2D eigenvalue weighted by atomic mass is 10.2. The van der Waals surface area contributed by atoms with Crippen LogP contribution in [0.1, 0.15) is 5.56 Å². The first-order valence-corrected chi connectivity index (χ1v) is 6.85. The molecule has 0 bridgehead atoms. The smallest absolute Gasteiger partial charge is 0.243 e. The predicted octanol–water partition coefficient (Wildman–Crippen LogP) is 4.35. The summed E-state index contributed by atoms with van der Waals surface area (Å²) in [5, 5.41) is 6.72. The van der Waals surface area contributed by atoms with Gasteiger partial charge in [0.25, 0.3) is 0 Å². The van der Waals surface area contributed by atoms with E-state index in [4.69, 9.17) is 23.2 Å². The van der Waals surface area contributed by atoms with Crippen molar-refractivity contribution in [2.24, 2.45) is 0 Å². The number of anilines is 2. The molecule has 5 heteroatoms. The highest BCUT2D eigenvalue weighted by Crippen LogP contribution is 2.25. The summed E-state index contributed by atoms with van der Waals surface area (Å²) >= 11 is 11.8. The maximum atomic E-state index is 11.8. The lowest BCUT2D eigenvalue weighted by Crippen LogP contribution is -2.21. The molecular weight excluding hydrogens is 295 g/mol. The van der Waals surface area contributed by atoms with Gasteiger partial charge in [-0.3, -0.25) is 4.79 Å². The van der Waals surface area contributed by atoms with Gasteiger partial charge in [0.05, 0.1) is 17.3 Å². The van der Waals surface area contributed by atoms with Crippen LogP contribution in [0.3, 0.4) is 0 Å². The quantitative estimate of drug-likeness (QED) is 0.881. The lowest BCUT2D eigenvalue weighted by Gasteiger charge is -2.09. The number of amides is 1. The second kappa shape index (κ2) is 6.64. The van der Waals surface area contributed by atoms with E-state index in [1.165, 1.54) is 5.56 Å². The van der Waals surface area contributed by atoms with Crippen LogP contribution in [-0.2, 0) is 4.79 Å². The molecule has 2 aromatic carbocycles. The topological polar surface area (TPSA) is 41.1 Å². The third-order valence-electron chi connectivity index (χ3n) is 2.71. The van der Waals surface area contributed by atoms with Gasteiger partial charge in [0.2, 0.25) is 5.91 Å². The summed E-state index contributed by atoms with van der Waals surface area (Å²) in [6.45, 7) is 2.18. The number of nitrogens with one attached hydrogen (secondary N) is 2. The van der Waals surface area contributed by atoms with Crippen LogP contribution in [0, 0.1) is 6.92 Å². The third kappa shape index (κ3) is 4.15. The number of hydrogen-bond acceptors (Lipinski definition) is 2. The minimum atomic E-state index is -0.171. The summed E-state index contributed by atoms with van der Waals surface area (Å²) < 4.78 is 0. The zero-order chi connectivity index (χ0) is 14.5. The Morgan fingerprint density at radius 2 is 1.80 bits per heavy atom. The van der Waals surface area contributed by atoms with Crippen molar-refractivity contribution in [3.8, 4) is 0 Å². The molecule has 2 N–H and O–H groups in total. The van der Waals surface area contributed by atoms with Crippen LogP contribution in [-0.4, -0.2) is 12.5 Å². The Hall–Kier alpha value is -1.71. The molecule has 3 nitrogen and oxygen atoms in total. The molecule has 0 unspecified atom stereocenters. The van der Waals surface area contributed by atoms with Crippen LogP contribution in [0.5, 0.6) is 0 Å². The molecular formula is C15H14Cl2N2O. The number of aryl methyl sites for hydroxylation is 1. The second-order valence-corrected chi connectivity index (χ2v) is 5.24. The van der Waals surface area contributed by atoms with E-state index in [0.29, 0.717) is 15.7 Å². The highest BCUT2D eigenvalue weighted by atomic mass is 35.5. The molecule has 0 saturated carbocycles.